The maximum atomic E-state index is 12.9. The molecular weight excluding hydrogens is 601 g/mol. The number of sulfonamides is 1. The molecule has 0 radical (unpaired) electrons. The number of carbonyl (C=O) groups excluding carboxylic acids is 2. The zero-order valence-corrected chi connectivity index (χ0v) is 24.7. The van der Waals surface area contributed by atoms with Crippen molar-refractivity contribution < 1.29 is 18.0 Å². The normalized spacial score (nSPS) is 15.1. The third-order valence-electron chi connectivity index (χ3n) is 6.45. The summed E-state index contributed by atoms with van der Waals surface area (Å²) in [5, 5.41) is 3.29. The second kappa shape index (κ2) is 12.6. The molecule has 1 saturated heterocycles. The van der Waals surface area contributed by atoms with E-state index in [1.165, 1.54) is 48.0 Å². The third kappa shape index (κ3) is 7.23. The molecule has 0 aromatic heterocycles. The molecule has 5 rings (SSSR count). The van der Waals surface area contributed by atoms with Crippen LogP contribution in [0.25, 0.3) is 0 Å². The van der Waals surface area contributed by atoms with Crippen LogP contribution < -0.4 is 10.0 Å². The first kappa shape index (κ1) is 29.0. The molecule has 11 heteroatoms. The summed E-state index contributed by atoms with van der Waals surface area (Å²) < 4.78 is 28.0. The van der Waals surface area contributed by atoms with Gasteiger partial charge in [0.15, 0.2) is 0 Å². The van der Waals surface area contributed by atoms with Gasteiger partial charge < -0.3 is 10.2 Å². The van der Waals surface area contributed by atoms with Gasteiger partial charge in [-0.05, 0) is 72.1 Å². The molecule has 2 N–H and O–H groups in total. The van der Waals surface area contributed by atoms with Crippen molar-refractivity contribution in [3.05, 3.63) is 124 Å². The van der Waals surface area contributed by atoms with Crippen molar-refractivity contribution in [1.82, 2.24) is 4.90 Å². The van der Waals surface area contributed by atoms with E-state index in [2.05, 4.69) is 22.2 Å². The molecule has 210 valence electrons. The van der Waals surface area contributed by atoms with Gasteiger partial charge in [0, 0.05) is 27.8 Å². The van der Waals surface area contributed by atoms with Gasteiger partial charge in [0.1, 0.15) is 5.37 Å². The van der Waals surface area contributed by atoms with Crippen molar-refractivity contribution in [3.63, 3.8) is 0 Å². The van der Waals surface area contributed by atoms with E-state index >= 15 is 0 Å². The molecule has 2 amide bonds. The molecule has 7 nitrogen and oxygen atoms in total. The molecule has 1 fully saturated rings. The molecule has 0 bridgehead atoms. The van der Waals surface area contributed by atoms with Gasteiger partial charge in [0.2, 0.25) is 5.91 Å². The maximum Gasteiger partial charge on any atom is 0.261 e. The molecule has 0 aliphatic carbocycles. The fourth-order valence-electron chi connectivity index (χ4n) is 4.41. The summed E-state index contributed by atoms with van der Waals surface area (Å²) in [7, 11) is -3.90. The molecule has 0 unspecified atom stereocenters. The first-order valence-corrected chi connectivity index (χ1v) is 15.9. The van der Waals surface area contributed by atoms with E-state index in [-0.39, 0.29) is 27.8 Å². The van der Waals surface area contributed by atoms with Gasteiger partial charge in [-0.15, -0.1) is 11.8 Å². The Bertz CT molecular complexity index is 1650. The summed E-state index contributed by atoms with van der Waals surface area (Å²) in [4.78, 5) is 27.3. The minimum Gasteiger partial charge on any atom is -0.326 e. The van der Waals surface area contributed by atoms with Gasteiger partial charge in [-0.2, -0.15) is 0 Å². The Morgan fingerprint density at radius 2 is 1.54 bits per heavy atom. The van der Waals surface area contributed by atoms with Crippen LogP contribution in [0.15, 0.2) is 102 Å². The minimum atomic E-state index is -3.90. The molecule has 41 heavy (non-hydrogen) atoms. The maximum absolute atomic E-state index is 12.9. The molecule has 0 saturated carbocycles. The Morgan fingerprint density at radius 3 is 2.20 bits per heavy atom. The van der Waals surface area contributed by atoms with Crippen molar-refractivity contribution in [1.29, 1.82) is 0 Å². The van der Waals surface area contributed by atoms with E-state index in [1.54, 1.807) is 23.9 Å². The van der Waals surface area contributed by atoms with E-state index in [0.29, 0.717) is 33.6 Å². The molecule has 0 spiro atoms. The quantitative estimate of drug-likeness (QED) is 0.212. The average Bonchev–Trinajstić information content (AvgIpc) is 3.32. The second-order valence-corrected chi connectivity index (χ2v) is 13.0. The van der Waals surface area contributed by atoms with Gasteiger partial charge >= 0.3 is 0 Å². The van der Waals surface area contributed by atoms with Gasteiger partial charge in [0.25, 0.3) is 15.9 Å². The van der Waals surface area contributed by atoms with Gasteiger partial charge in [-0.3, -0.25) is 14.3 Å². The van der Waals surface area contributed by atoms with Gasteiger partial charge in [0.05, 0.1) is 16.3 Å². The number of benzene rings is 4. The summed E-state index contributed by atoms with van der Waals surface area (Å²) in [6.45, 7) is 0.622. The van der Waals surface area contributed by atoms with Crippen molar-refractivity contribution in [2.45, 2.75) is 16.7 Å². The average molecular weight is 627 g/mol. The number of hydrogen-bond donors (Lipinski definition) is 2. The summed E-state index contributed by atoms with van der Waals surface area (Å²) in [5.74, 6) is 0.195. The van der Waals surface area contributed by atoms with E-state index in [9.17, 15) is 18.0 Å². The summed E-state index contributed by atoms with van der Waals surface area (Å²) >= 11 is 13.5. The first-order chi connectivity index (χ1) is 19.7. The Morgan fingerprint density at radius 1 is 0.878 bits per heavy atom. The van der Waals surface area contributed by atoms with Crippen molar-refractivity contribution in [3.8, 4) is 0 Å². The highest BCUT2D eigenvalue weighted by atomic mass is 35.5. The molecular formula is C30H25Cl2N3O4S2. The number of nitrogens with zero attached hydrogens (tertiary/aromatic N) is 1. The van der Waals surface area contributed by atoms with Gasteiger partial charge in [-0.25, -0.2) is 8.42 Å². The smallest absolute Gasteiger partial charge is 0.261 e. The van der Waals surface area contributed by atoms with E-state index in [4.69, 9.17) is 23.2 Å². The van der Waals surface area contributed by atoms with Crippen LogP contribution in [-0.4, -0.2) is 37.4 Å². The number of amides is 2. The lowest BCUT2D eigenvalue weighted by molar-refractivity contribution is -0.128. The lowest BCUT2D eigenvalue weighted by Crippen LogP contribution is -2.30. The van der Waals surface area contributed by atoms with E-state index < -0.39 is 10.0 Å². The molecule has 1 heterocycles. The standard InChI is InChI=1S/C30H25Cl2N3O4S2/c31-23-16-24(32)18-26(17-23)34-41(38,39)27-12-10-25(11-13-27)33-29(37)21-6-8-22(9-7-21)30-35(28(36)19-40-30)15-14-20-4-2-1-3-5-20/h1-13,16-18,30,34H,14-15,19H2,(H,33,37)/t30-/m1/s1. The largest absolute Gasteiger partial charge is 0.326 e. The van der Waals surface area contributed by atoms with Gasteiger partial charge in [-0.1, -0.05) is 65.7 Å². The summed E-state index contributed by atoms with van der Waals surface area (Å²) in [5.41, 5.74) is 3.25. The monoisotopic (exact) mass is 625 g/mol. The molecule has 4 aromatic carbocycles. The first-order valence-electron chi connectivity index (χ1n) is 12.6. The van der Waals surface area contributed by atoms with Crippen LogP contribution in [0, 0.1) is 0 Å². The van der Waals surface area contributed by atoms with Crippen LogP contribution in [0.3, 0.4) is 0 Å². The molecule has 1 aliphatic heterocycles. The van der Waals surface area contributed by atoms with Crippen molar-refractivity contribution in [2.75, 3.05) is 22.3 Å². The number of rotatable bonds is 9. The Labute approximate surface area is 252 Å². The van der Waals surface area contributed by atoms with Crippen LogP contribution in [0.1, 0.15) is 26.9 Å². The number of hydrogen-bond acceptors (Lipinski definition) is 5. The highest BCUT2D eigenvalue weighted by Crippen LogP contribution is 2.38. The minimum absolute atomic E-state index is 0.0105. The highest BCUT2D eigenvalue weighted by Gasteiger charge is 2.32. The number of carbonyl (C=O) groups is 2. The van der Waals surface area contributed by atoms with Crippen LogP contribution in [0.4, 0.5) is 11.4 Å². The summed E-state index contributed by atoms with van der Waals surface area (Å²) in [6, 6.07) is 27.5. The number of thioether (sulfide) groups is 1. The van der Waals surface area contributed by atoms with Crippen LogP contribution in [0.5, 0.6) is 0 Å². The number of halogens is 2. The fourth-order valence-corrected chi connectivity index (χ4v) is 7.20. The van der Waals surface area contributed by atoms with E-state index in [1.807, 2.05) is 35.2 Å². The van der Waals surface area contributed by atoms with Crippen molar-refractivity contribution in [2.24, 2.45) is 0 Å². The molecule has 4 aromatic rings. The van der Waals surface area contributed by atoms with Crippen molar-refractivity contribution >= 4 is 68.2 Å². The Hall–Kier alpha value is -3.50. The second-order valence-electron chi connectivity index (χ2n) is 9.35. The predicted octanol–water partition coefficient (Wildman–Crippen LogP) is 6.86. The fraction of sp³-hybridized carbons (Fsp3) is 0.133. The summed E-state index contributed by atoms with van der Waals surface area (Å²) in [6.07, 6.45) is 0.773. The van der Waals surface area contributed by atoms with Crippen LogP contribution in [-0.2, 0) is 21.2 Å². The molecule has 1 aliphatic rings. The molecule has 1 atom stereocenters. The van der Waals surface area contributed by atoms with E-state index in [0.717, 1.165) is 12.0 Å². The lowest BCUT2D eigenvalue weighted by Gasteiger charge is -2.24. The predicted molar refractivity (Wildman–Crippen MR) is 165 cm³/mol. The van der Waals surface area contributed by atoms with Crippen LogP contribution in [0.2, 0.25) is 10.0 Å². The van der Waals surface area contributed by atoms with Crippen LogP contribution >= 0.6 is 35.0 Å². The Balaban J connectivity index is 1.21. The lowest BCUT2D eigenvalue weighted by atomic mass is 10.1. The highest BCUT2D eigenvalue weighted by molar-refractivity contribution is 8.00. The SMILES string of the molecule is O=C(Nc1ccc(S(=O)(=O)Nc2cc(Cl)cc(Cl)c2)cc1)c1ccc([C@H]2SCC(=O)N2CCc2ccccc2)cc1. The zero-order chi connectivity index (χ0) is 29.0. The number of anilines is 2. The third-order valence-corrected chi connectivity index (χ3v) is 9.54. The Kier molecular flexibility index (Phi) is 8.89. The topological polar surface area (TPSA) is 95.6 Å². The zero-order valence-electron chi connectivity index (χ0n) is 21.6. The number of nitrogens with one attached hydrogen (secondary N) is 2.